The van der Waals surface area contributed by atoms with Gasteiger partial charge in [-0.1, -0.05) is 6.42 Å². The SMILES string of the molecule is CC1COC(CO)CN1c1ncnc2c1CCCCC2. The van der Waals surface area contributed by atoms with Gasteiger partial charge in [-0.25, -0.2) is 9.97 Å². The number of ether oxygens (including phenoxy) is 1. The summed E-state index contributed by atoms with van der Waals surface area (Å²) >= 11 is 0. The summed E-state index contributed by atoms with van der Waals surface area (Å²) in [5.74, 6) is 1.06. The number of anilines is 1. The molecule has 0 spiro atoms. The van der Waals surface area contributed by atoms with Gasteiger partial charge in [0.15, 0.2) is 0 Å². The molecule has 110 valence electrons. The van der Waals surface area contributed by atoms with E-state index in [0.717, 1.165) is 18.7 Å². The number of hydrogen-bond donors (Lipinski definition) is 1. The topological polar surface area (TPSA) is 58.5 Å². The normalized spacial score (nSPS) is 27.0. The summed E-state index contributed by atoms with van der Waals surface area (Å²) in [5, 5.41) is 9.34. The third kappa shape index (κ3) is 2.65. The summed E-state index contributed by atoms with van der Waals surface area (Å²) < 4.78 is 5.62. The molecule has 2 unspecified atom stereocenters. The van der Waals surface area contributed by atoms with Crippen LogP contribution in [0.15, 0.2) is 6.33 Å². The molecule has 3 rings (SSSR count). The lowest BCUT2D eigenvalue weighted by molar-refractivity contribution is -0.0106. The monoisotopic (exact) mass is 277 g/mol. The third-order valence-electron chi connectivity index (χ3n) is 4.33. The molecule has 1 aromatic heterocycles. The van der Waals surface area contributed by atoms with Gasteiger partial charge >= 0.3 is 0 Å². The van der Waals surface area contributed by atoms with Crippen molar-refractivity contribution < 1.29 is 9.84 Å². The number of rotatable bonds is 2. The minimum atomic E-state index is -0.109. The van der Waals surface area contributed by atoms with Crippen molar-refractivity contribution in [3.8, 4) is 0 Å². The first-order valence-electron chi connectivity index (χ1n) is 7.61. The fourth-order valence-electron chi connectivity index (χ4n) is 3.15. The van der Waals surface area contributed by atoms with Gasteiger partial charge in [0.1, 0.15) is 12.1 Å². The largest absolute Gasteiger partial charge is 0.394 e. The number of aryl methyl sites for hydroxylation is 1. The Morgan fingerprint density at radius 1 is 1.30 bits per heavy atom. The molecule has 0 aromatic carbocycles. The van der Waals surface area contributed by atoms with E-state index in [2.05, 4.69) is 21.8 Å². The molecule has 2 aliphatic rings. The van der Waals surface area contributed by atoms with Crippen LogP contribution in [0.2, 0.25) is 0 Å². The Hall–Kier alpha value is -1.20. The van der Waals surface area contributed by atoms with Gasteiger partial charge < -0.3 is 14.7 Å². The molecular weight excluding hydrogens is 254 g/mol. The van der Waals surface area contributed by atoms with Crippen molar-refractivity contribution >= 4 is 5.82 Å². The van der Waals surface area contributed by atoms with Gasteiger partial charge in [0, 0.05) is 17.8 Å². The van der Waals surface area contributed by atoms with E-state index >= 15 is 0 Å². The molecule has 1 saturated heterocycles. The van der Waals surface area contributed by atoms with Gasteiger partial charge in [-0.05, 0) is 32.6 Å². The molecule has 5 nitrogen and oxygen atoms in total. The van der Waals surface area contributed by atoms with E-state index in [9.17, 15) is 5.11 Å². The van der Waals surface area contributed by atoms with Crippen molar-refractivity contribution in [2.45, 2.75) is 51.2 Å². The highest BCUT2D eigenvalue weighted by Gasteiger charge is 2.29. The van der Waals surface area contributed by atoms with Gasteiger partial charge in [0.05, 0.1) is 25.4 Å². The molecule has 1 fully saturated rings. The van der Waals surface area contributed by atoms with E-state index in [1.807, 2.05) is 0 Å². The van der Waals surface area contributed by atoms with Crippen LogP contribution in [0.25, 0.3) is 0 Å². The maximum absolute atomic E-state index is 9.34. The lowest BCUT2D eigenvalue weighted by Crippen LogP contribution is -2.50. The quantitative estimate of drug-likeness (QED) is 0.827. The van der Waals surface area contributed by atoms with E-state index in [0.29, 0.717) is 19.2 Å². The van der Waals surface area contributed by atoms with Crippen molar-refractivity contribution in [3.63, 3.8) is 0 Å². The Labute approximate surface area is 120 Å². The zero-order valence-electron chi connectivity index (χ0n) is 12.1. The Morgan fingerprint density at radius 3 is 3.00 bits per heavy atom. The first-order chi connectivity index (χ1) is 9.79. The first-order valence-corrected chi connectivity index (χ1v) is 7.61. The fraction of sp³-hybridized carbons (Fsp3) is 0.733. The molecule has 0 radical (unpaired) electrons. The van der Waals surface area contributed by atoms with Gasteiger partial charge in [-0.15, -0.1) is 0 Å². The number of aromatic nitrogens is 2. The zero-order chi connectivity index (χ0) is 13.9. The van der Waals surface area contributed by atoms with Crippen molar-refractivity contribution in [2.24, 2.45) is 0 Å². The van der Waals surface area contributed by atoms with Crippen LogP contribution >= 0.6 is 0 Å². The van der Waals surface area contributed by atoms with Crippen LogP contribution in [0.3, 0.4) is 0 Å². The molecule has 0 amide bonds. The smallest absolute Gasteiger partial charge is 0.135 e. The van der Waals surface area contributed by atoms with Gasteiger partial charge in [0.2, 0.25) is 0 Å². The second-order valence-corrected chi connectivity index (χ2v) is 5.82. The van der Waals surface area contributed by atoms with Crippen LogP contribution in [-0.2, 0) is 17.6 Å². The molecule has 5 heteroatoms. The number of aliphatic hydroxyl groups is 1. The predicted molar refractivity (Wildman–Crippen MR) is 76.9 cm³/mol. The molecule has 0 saturated carbocycles. The highest BCUT2D eigenvalue weighted by molar-refractivity contribution is 5.50. The summed E-state index contributed by atoms with van der Waals surface area (Å²) in [5.41, 5.74) is 2.53. The van der Waals surface area contributed by atoms with Crippen LogP contribution in [0.5, 0.6) is 0 Å². The number of aliphatic hydroxyl groups excluding tert-OH is 1. The molecule has 2 atom stereocenters. The summed E-state index contributed by atoms with van der Waals surface area (Å²) in [7, 11) is 0. The number of hydrogen-bond acceptors (Lipinski definition) is 5. The summed E-state index contributed by atoms with van der Waals surface area (Å²) in [6, 6.07) is 0.292. The number of fused-ring (bicyclic) bond motifs is 1. The standard InChI is InChI=1S/C15H23N3O2/c1-11-9-20-12(8-19)7-18(11)15-13-5-3-2-4-6-14(13)16-10-17-15/h10-12,19H,2-9H2,1H3. The van der Waals surface area contributed by atoms with E-state index in [4.69, 9.17) is 4.74 Å². The first kappa shape index (κ1) is 13.8. The second kappa shape index (κ2) is 6.06. The van der Waals surface area contributed by atoms with E-state index in [-0.39, 0.29) is 12.7 Å². The fourth-order valence-corrected chi connectivity index (χ4v) is 3.15. The van der Waals surface area contributed by atoms with Crippen LogP contribution in [0.4, 0.5) is 5.82 Å². The molecule has 0 bridgehead atoms. The van der Waals surface area contributed by atoms with Crippen LogP contribution < -0.4 is 4.90 Å². The Balaban J connectivity index is 1.92. The van der Waals surface area contributed by atoms with Crippen molar-refractivity contribution in [3.05, 3.63) is 17.6 Å². The minimum Gasteiger partial charge on any atom is -0.394 e. The molecular formula is C15H23N3O2. The second-order valence-electron chi connectivity index (χ2n) is 5.82. The highest BCUT2D eigenvalue weighted by Crippen LogP contribution is 2.29. The van der Waals surface area contributed by atoms with Gasteiger partial charge in [-0.3, -0.25) is 0 Å². The zero-order valence-corrected chi connectivity index (χ0v) is 12.1. The maximum Gasteiger partial charge on any atom is 0.135 e. The predicted octanol–water partition coefficient (Wildman–Crippen LogP) is 1.33. The van der Waals surface area contributed by atoms with Crippen molar-refractivity contribution in [1.82, 2.24) is 9.97 Å². The van der Waals surface area contributed by atoms with E-state index in [1.165, 1.54) is 30.5 Å². The Kier molecular flexibility index (Phi) is 4.17. The summed E-state index contributed by atoms with van der Waals surface area (Å²) in [6.07, 6.45) is 7.43. The molecule has 1 aromatic rings. The number of morpholine rings is 1. The highest BCUT2D eigenvalue weighted by atomic mass is 16.5. The minimum absolute atomic E-state index is 0.0660. The molecule has 1 N–H and O–H groups in total. The average molecular weight is 277 g/mol. The molecule has 1 aliphatic carbocycles. The number of nitrogens with zero attached hydrogens (tertiary/aromatic N) is 3. The summed E-state index contributed by atoms with van der Waals surface area (Å²) in [6.45, 7) is 3.57. The van der Waals surface area contributed by atoms with E-state index < -0.39 is 0 Å². The average Bonchev–Trinajstić information content (AvgIpc) is 2.73. The van der Waals surface area contributed by atoms with Gasteiger partial charge in [-0.2, -0.15) is 0 Å². The Morgan fingerprint density at radius 2 is 2.15 bits per heavy atom. The van der Waals surface area contributed by atoms with Crippen molar-refractivity contribution in [1.29, 1.82) is 0 Å². The molecule has 1 aliphatic heterocycles. The van der Waals surface area contributed by atoms with Gasteiger partial charge in [0.25, 0.3) is 0 Å². The van der Waals surface area contributed by atoms with Crippen LogP contribution in [0.1, 0.15) is 37.4 Å². The third-order valence-corrected chi connectivity index (χ3v) is 4.33. The van der Waals surface area contributed by atoms with Crippen molar-refractivity contribution in [2.75, 3.05) is 24.7 Å². The molecule has 20 heavy (non-hydrogen) atoms. The molecule has 2 heterocycles. The Bertz CT molecular complexity index is 466. The van der Waals surface area contributed by atoms with Crippen LogP contribution in [0, 0.1) is 0 Å². The lowest BCUT2D eigenvalue weighted by atomic mass is 10.1. The van der Waals surface area contributed by atoms with Crippen LogP contribution in [-0.4, -0.2) is 47.0 Å². The van der Waals surface area contributed by atoms with E-state index in [1.54, 1.807) is 6.33 Å². The summed E-state index contributed by atoms with van der Waals surface area (Å²) in [4.78, 5) is 11.3. The maximum atomic E-state index is 9.34. The lowest BCUT2D eigenvalue weighted by Gasteiger charge is -2.39.